The van der Waals surface area contributed by atoms with E-state index in [1.54, 1.807) is 0 Å². The quantitative estimate of drug-likeness (QED) is 0.798. The molecule has 116 valence electrons. The van der Waals surface area contributed by atoms with E-state index in [4.69, 9.17) is 0 Å². The number of aliphatic hydroxyl groups is 3. The standard InChI is InChI=1S/C18H21NO3/c20-16-11-19(12-17(21)18(16)22)10-13-6-8-15(9-7-13)14-4-2-1-3-5-14/h1-9,16-18,20-22H,10-12H2/t16-,17+,18?. The molecule has 0 bridgehead atoms. The fourth-order valence-electron chi connectivity index (χ4n) is 2.90. The molecule has 2 aromatic rings. The highest BCUT2D eigenvalue weighted by atomic mass is 16.4. The lowest BCUT2D eigenvalue weighted by Gasteiger charge is -2.36. The molecule has 3 rings (SSSR count). The van der Waals surface area contributed by atoms with Gasteiger partial charge in [-0.3, -0.25) is 4.90 Å². The van der Waals surface area contributed by atoms with E-state index in [2.05, 4.69) is 36.4 Å². The second-order valence-electron chi connectivity index (χ2n) is 5.88. The first kappa shape index (κ1) is 15.2. The first-order chi connectivity index (χ1) is 10.6. The third-order valence-corrected chi connectivity index (χ3v) is 4.15. The maximum atomic E-state index is 9.74. The van der Waals surface area contributed by atoms with E-state index in [0.717, 1.165) is 5.56 Å². The van der Waals surface area contributed by atoms with Crippen LogP contribution in [0.5, 0.6) is 0 Å². The summed E-state index contributed by atoms with van der Waals surface area (Å²) >= 11 is 0. The van der Waals surface area contributed by atoms with Gasteiger partial charge in [0.25, 0.3) is 0 Å². The lowest BCUT2D eigenvalue weighted by molar-refractivity contribution is -0.111. The van der Waals surface area contributed by atoms with Crippen LogP contribution < -0.4 is 0 Å². The lowest BCUT2D eigenvalue weighted by Crippen LogP contribution is -2.54. The molecule has 0 radical (unpaired) electrons. The number of aliphatic hydroxyl groups excluding tert-OH is 3. The summed E-state index contributed by atoms with van der Waals surface area (Å²) in [6.07, 6.45) is -2.84. The molecule has 1 aliphatic rings. The van der Waals surface area contributed by atoms with Crippen LogP contribution in [0.25, 0.3) is 11.1 Å². The Kier molecular flexibility index (Phi) is 4.55. The highest BCUT2D eigenvalue weighted by Gasteiger charge is 2.33. The molecule has 1 fully saturated rings. The minimum atomic E-state index is -1.04. The first-order valence-electron chi connectivity index (χ1n) is 7.54. The molecule has 4 nitrogen and oxygen atoms in total. The average molecular weight is 299 g/mol. The highest BCUT2D eigenvalue weighted by Crippen LogP contribution is 2.21. The number of rotatable bonds is 3. The zero-order chi connectivity index (χ0) is 15.5. The van der Waals surface area contributed by atoms with Crippen molar-refractivity contribution in [1.29, 1.82) is 0 Å². The van der Waals surface area contributed by atoms with Crippen molar-refractivity contribution in [3.8, 4) is 11.1 Å². The third-order valence-electron chi connectivity index (χ3n) is 4.15. The van der Waals surface area contributed by atoms with E-state index in [0.29, 0.717) is 19.6 Å². The van der Waals surface area contributed by atoms with Gasteiger partial charge in [-0.2, -0.15) is 0 Å². The van der Waals surface area contributed by atoms with Crippen LogP contribution in [0.1, 0.15) is 5.56 Å². The molecular formula is C18H21NO3. The number of β-amino-alcohol motifs (C(OH)–C–C–N with tert-alkyl or cyclic N) is 2. The van der Waals surface area contributed by atoms with Gasteiger partial charge in [0, 0.05) is 19.6 Å². The van der Waals surface area contributed by atoms with Gasteiger partial charge in [0.2, 0.25) is 0 Å². The van der Waals surface area contributed by atoms with E-state index in [1.807, 2.05) is 23.1 Å². The van der Waals surface area contributed by atoms with Crippen LogP contribution in [-0.2, 0) is 6.54 Å². The van der Waals surface area contributed by atoms with Crippen molar-refractivity contribution in [2.75, 3.05) is 13.1 Å². The zero-order valence-corrected chi connectivity index (χ0v) is 12.3. The molecule has 0 spiro atoms. The summed E-state index contributed by atoms with van der Waals surface area (Å²) in [5.41, 5.74) is 3.47. The van der Waals surface area contributed by atoms with E-state index in [-0.39, 0.29) is 0 Å². The molecule has 22 heavy (non-hydrogen) atoms. The molecule has 0 saturated carbocycles. The highest BCUT2D eigenvalue weighted by molar-refractivity contribution is 5.63. The van der Waals surface area contributed by atoms with Crippen molar-refractivity contribution in [1.82, 2.24) is 4.90 Å². The molecule has 1 aliphatic heterocycles. The molecule has 0 aromatic heterocycles. The predicted molar refractivity (Wildman–Crippen MR) is 85.2 cm³/mol. The topological polar surface area (TPSA) is 63.9 Å². The van der Waals surface area contributed by atoms with Gasteiger partial charge in [0.15, 0.2) is 0 Å². The Hall–Kier alpha value is -1.72. The fraction of sp³-hybridized carbons (Fsp3) is 0.333. The number of benzene rings is 2. The van der Waals surface area contributed by atoms with Gasteiger partial charge in [0.05, 0.1) is 12.2 Å². The van der Waals surface area contributed by atoms with Gasteiger partial charge >= 0.3 is 0 Å². The summed E-state index contributed by atoms with van der Waals surface area (Å²) in [7, 11) is 0. The number of hydrogen-bond acceptors (Lipinski definition) is 4. The van der Waals surface area contributed by atoms with Gasteiger partial charge in [0.1, 0.15) is 6.10 Å². The van der Waals surface area contributed by atoms with Crippen molar-refractivity contribution in [3.05, 3.63) is 60.2 Å². The van der Waals surface area contributed by atoms with Crippen LogP contribution in [0.3, 0.4) is 0 Å². The summed E-state index contributed by atoms with van der Waals surface area (Å²) in [6, 6.07) is 18.5. The summed E-state index contributed by atoms with van der Waals surface area (Å²) in [4.78, 5) is 1.96. The van der Waals surface area contributed by atoms with Crippen LogP contribution in [0.15, 0.2) is 54.6 Å². The van der Waals surface area contributed by atoms with Gasteiger partial charge < -0.3 is 15.3 Å². The predicted octanol–water partition coefficient (Wildman–Crippen LogP) is 1.25. The van der Waals surface area contributed by atoms with Crippen LogP contribution in [0, 0.1) is 0 Å². The maximum absolute atomic E-state index is 9.74. The molecule has 0 amide bonds. The van der Waals surface area contributed by atoms with Gasteiger partial charge in [-0.25, -0.2) is 0 Å². The fourth-order valence-corrected chi connectivity index (χ4v) is 2.90. The second kappa shape index (κ2) is 6.58. The Labute approximate surface area is 130 Å². The SMILES string of the molecule is OC1[C@H](O)CN(Cc2ccc(-c3ccccc3)cc2)C[C@@H]1O. The molecule has 3 N–H and O–H groups in total. The number of hydrogen-bond donors (Lipinski definition) is 3. The van der Waals surface area contributed by atoms with Crippen LogP contribution in [0.4, 0.5) is 0 Å². The van der Waals surface area contributed by atoms with E-state index >= 15 is 0 Å². The van der Waals surface area contributed by atoms with Crippen molar-refractivity contribution >= 4 is 0 Å². The third kappa shape index (κ3) is 3.36. The second-order valence-corrected chi connectivity index (χ2v) is 5.88. The Bertz CT molecular complexity index is 587. The van der Waals surface area contributed by atoms with E-state index in [9.17, 15) is 15.3 Å². The molecule has 3 atom stereocenters. The largest absolute Gasteiger partial charge is 0.389 e. The molecular weight excluding hydrogens is 278 g/mol. The van der Waals surface area contributed by atoms with Crippen molar-refractivity contribution in [2.24, 2.45) is 0 Å². The van der Waals surface area contributed by atoms with Crippen LogP contribution >= 0.6 is 0 Å². The van der Waals surface area contributed by atoms with Crippen LogP contribution in [-0.4, -0.2) is 51.6 Å². The zero-order valence-electron chi connectivity index (χ0n) is 12.3. The molecule has 1 unspecified atom stereocenters. The summed E-state index contributed by atoms with van der Waals surface area (Å²) < 4.78 is 0. The smallest absolute Gasteiger partial charge is 0.108 e. The maximum Gasteiger partial charge on any atom is 0.108 e. The number of nitrogens with zero attached hydrogens (tertiary/aromatic N) is 1. The number of likely N-dealkylation sites (tertiary alicyclic amines) is 1. The molecule has 4 heteroatoms. The van der Waals surface area contributed by atoms with Gasteiger partial charge in [-0.15, -0.1) is 0 Å². The molecule has 1 saturated heterocycles. The summed E-state index contributed by atoms with van der Waals surface area (Å²) in [5, 5.41) is 29.0. The monoisotopic (exact) mass is 299 g/mol. The minimum Gasteiger partial charge on any atom is -0.389 e. The van der Waals surface area contributed by atoms with E-state index in [1.165, 1.54) is 11.1 Å². The molecule has 1 heterocycles. The van der Waals surface area contributed by atoms with Gasteiger partial charge in [-0.1, -0.05) is 54.6 Å². The molecule has 0 aliphatic carbocycles. The average Bonchev–Trinajstić information content (AvgIpc) is 2.54. The Morgan fingerprint density at radius 2 is 1.32 bits per heavy atom. The first-order valence-corrected chi connectivity index (χ1v) is 7.54. The lowest BCUT2D eigenvalue weighted by atomic mass is 10.0. The Morgan fingerprint density at radius 1 is 0.773 bits per heavy atom. The van der Waals surface area contributed by atoms with Crippen LogP contribution in [0.2, 0.25) is 0 Å². The van der Waals surface area contributed by atoms with Gasteiger partial charge in [-0.05, 0) is 16.7 Å². The summed E-state index contributed by atoms with van der Waals surface area (Å²) in [5.74, 6) is 0. The normalized spacial score (nSPS) is 26.0. The number of piperidine rings is 1. The Balaban J connectivity index is 1.67. The molecule has 2 aromatic carbocycles. The summed E-state index contributed by atoms with van der Waals surface area (Å²) in [6.45, 7) is 1.40. The van der Waals surface area contributed by atoms with Crippen molar-refractivity contribution in [3.63, 3.8) is 0 Å². The Morgan fingerprint density at radius 3 is 1.91 bits per heavy atom. The van der Waals surface area contributed by atoms with Crippen molar-refractivity contribution in [2.45, 2.75) is 24.9 Å². The van der Waals surface area contributed by atoms with Crippen molar-refractivity contribution < 1.29 is 15.3 Å². The van der Waals surface area contributed by atoms with E-state index < -0.39 is 18.3 Å². The minimum absolute atomic E-state index is 0.374.